The number of aromatic nitrogens is 3. The van der Waals surface area contributed by atoms with E-state index >= 15 is 0 Å². The monoisotopic (exact) mass is 414 g/mol. The number of thioether (sulfide) groups is 1. The van der Waals surface area contributed by atoms with E-state index in [2.05, 4.69) is 28.9 Å². The summed E-state index contributed by atoms with van der Waals surface area (Å²) in [6.45, 7) is 5.58. The van der Waals surface area contributed by atoms with Crippen molar-refractivity contribution in [1.29, 1.82) is 0 Å². The molecule has 0 aliphatic carbocycles. The summed E-state index contributed by atoms with van der Waals surface area (Å²) < 4.78 is 6.80. The molecule has 2 heterocycles. The van der Waals surface area contributed by atoms with Crippen molar-refractivity contribution in [3.63, 3.8) is 0 Å². The molecule has 1 aromatic heterocycles. The molecule has 1 aliphatic rings. The standard InChI is InChI=1S/C21H26N4O3S/c1-3-11-25-18(14-16-7-5-4-6-8-16)22-23-21(25)29-15-19(26)24-12-9-17(10-13-24)20(27)28-2/h3-8,17H,1,9-15H2,2H3. The molecule has 1 aromatic carbocycles. The number of carbonyl (C=O) groups is 2. The molecule has 29 heavy (non-hydrogen) atoms. The zero-order chi connectivity index (χ0) is 20.6. The van der Waals surface area contributed by atoms with Crippen LogP contribution in [0.1, 0.15) is 24.2 Å². The zero-order valence-electron chi connectivity index (χ0n) is 16.6. The van der Waals surface area contributed by atoms with Gasteiger partial charge in [-0.15, -0.1) is 16.8 Å². The number of nitrogens with zero attached hydrogens (tertiary/aromatic N) is 4. The Bertz CT molecular complexity index is 845. The van der Waals surface area contributed by atoms with Crippen LogP contribution < -0.4 is 0 Å². The van der Waals surface area contributed by atoms with E-state index in [0.29, 0.717) is 49.8 Å². The summed E-state index contributed by atoms with van der Waals surface area (Å²) in [5, 5.41) is 9.33. The fourth-order valence-corrected chi connectivity index (χ4v) is 4.27. The van der Waals surface area contributed by atoms with Crippen LogP contribution in [0.5, 0.6) is 0 Å². The third-order valence-electron chi connectivity index (χ3n) is 5.02. The Morgan fingerprint density at radius 2 is 1.97 bits per heavy atom. The molecule has 8 heteroatoms. The van der Waals surface area contributed by atoms with E-state index in [9.17, 15) is 9.59 Å². The van der Waals surface area contributed by atoms with Crippen LogP contribution in [0.15, 0.2) is 48.1 Å². The van der Waals surface area contributed by atoms with Gasteiger partial charge in [-0.05, 0) is 18.4 Å². The first-order chi connectivity index (χ1) is 14.1. The molecule has 7 nitrogen and oxygen atoms in total. The van der Waals surface area contributed by atoms with Gasteiger partial charge in [0.25, 0.3) is 0 Å². The highest BCUT2D eigenvalue weighted by Gasteiger charge is 2.28. The number of carbonyl (C=O) groups excluding carboxylic acids is 2. The van der Waals surface area contributed by atoms with Gasteiger partial charge in [0.1, 0.15) is 5.82 Å². The molecule has 1 aliphatic heterocycles. The van der Waals surface area contributed by atoms with Crippen LogP contribution in [-0.2, 0) is 27.3 Å². The number of hydrogen-bond donors (Lipinski definition) is 0. The molecule has 1 amide bonds. The number of esters is 1. The molecule has 0 N–H and O–H groups in total. The second-order valence-electron chi connectivity index (χ2n) is 6.93. The highest BCUT2D eigenvalue weighted by atomic mass is 32.2. The molecule has 1 fully saturated rings. The van der Waals surface area contributed by atoms with Crippen molar-refractivity contribution in [3.8, 4) is 0 Å². The lowest BCUT2D eigenvalue weighted by molar-refractivity contribution is -0.148. The van der Waals surface area contributed by atoms with E-state index in [-0.39, 0.29) is 17.8 Å². The normalized spacial score (nSPS) is 14.6. The lowest BCUT2D eigenvalue weighted by atomic mass is 9.97. The lowest BCUT2D eigenvalue weighted by Gasteiger charge is -2.30. The highest BCUT2D eigenvalue weighted by molar-refractivity contribution is 7.99. The molecule has 3 rings (SSSR count). The third kappa shape index (κ3) is 5.47. The van der Waals surface area contributed by atoms with E-state index in [4.69, 9.17) is 4.74 Å². The van der Waals surface area contributed by atoms with Gasteiger partial charge in [-0.1, -0.05) is 48.2 Å². The number of benzene rings is 1. The summed E-state index contributed by atoms with van der Waals surface area (Å²) in [7, 11) is 1.40. The molecule has 0 unspecified atom stereocenters. The Kier molecular flexibility index (Phi) is 7.46. The molecular formula is C21H26N4O3S. The van der Waals surface area contributed by atoms with Crippen molar-refractivity contribution in [2.75, 3.05) is 26.0 Å². The molecule has 0 bridgehead atoms. The van der Waals surface area contributed by atoms with Gasteiger partial charge in [-0.3, -0.25) is 9.59 Å². The Labute approximate surface area is 175 Å². The maximum atomic E-state index is 12.6. The number of rotatable bonds is 8. The number of likely N-dealkylation sites (tertiary alicyclic amines) is 1. The summed E-state index contributed by atoms with van der Waals surface area (Å²) in [5.74, 6) is 0.910. The minimum Gasteiger partial charge on any atom is -0.469 e. The molecule has 1 saturated heterocycles. The highest BCUT2D eigenvalue weighted by Crippen LogP contribution is 2.22. The fraction of sp³-hybridized carbons (Fsp3) is 0.429. The van der Waals surface area contributed by atoms with E-state index < -0.39 is 0 Å². The number of amides is 1. The lowest BCUT2D eigenvalue weighted by Crippen LogP contribution is -2.41. The van der Waals surface area contributed by atoms with Crippen molar-refractivity contribution in [3.05, 3.63) is 54.4 Å². The van der Waals surface area contributed by atoms with Crippen LogP contribution in [0.2, 0.25) is 0 Å². The summed E-state index contributed by atoms with van der Waals surface area (Å²) in [6.07, 6.45) is 3.78. The smallest absolute Gasteiger partial charge is 0.308 e. The van der Waals surface area contributed by atoms with E-state index in [1.165, 1.54) is 18.9 Å². The van der Waals surface area contributed by atoms with Crippen LogP contribution in [0.4, 0.5) is 0 Å². The summed E-state index contributed by atoms with van der Waals surface area (Å²) in [6, 6.07) is 10.1. The van der Waals surface area contributed by atoms with E-state index in [1.807, 2.05) is 27.7 Å². The first-order valence-electron chi connectivity index (χ1n) is 9.67. The van der Waals surface area contributed by atoms with Gasteiger partial charge < -0.3 is 14.2 Å². The minimum absolute atomic E-state index is 0.0519. The summed E-state index contributed by atoms with van der Waals surface area (Å²) >= 11 is 1.39. The maximum absolute atomic E-state index is 12.6. The van der Waals surface area contributed by atoms with Crippen molar-refractivity contribution < 1.29 is 14.3 Å². The van der Waals surface area contributed by atoms with Crippen LogP contribution in [0.3, 0.4) is 0 Å². The summed E-state index contributed by atoms with van der Waals surface area (Å²) in [4.78, 5) is 26.0. The fourth-order valence-electron chi connectivity index (χ4n) is 3.40. The van der Waals surface area contributed by atoms with Crippen molar-refractivity contribution in [2.24, 2.45) is 5.92 Å². The number of allylic oxidation sites excluding steroid dienone is 1. The molecular weight excluding hydrogens is 388 g/mol. The zero-order valence-corrected chi connectivity index (χ0v) is 17.4. The van der Waals surface area contributed by atoms with E-state index in [0.717, 1.165) is 11.4 Å². The van der Waals surface area contributed by atoms with Crippen LogP contribution >= 0.6 is 11.8 Å². The van der Waals surface area contributed by atoms with Gasteiger partial charge in [0.15, 0.2) is 5.16 Å². The molecule has 0 atom stereocenters. The topological polar surface area (TPSA) is 77.3 Å². The minimum atomic E-state index is -0.185. The third-order valence-corrected chi connectivity index (χ3v) is 5.97. The quantitative estimate of drug-likeness (QED) is 0.375. The number of methoxy groups -OCH3 is 1. The Morgan fingerprint density at radius 1 is 1.24 bits per heavy atom. The van der Waals surface area contributed by atoms with Gasteiger partial charge in [-0.25, -0.2) is 0 Å². The largest absolute Gasteiger partial charge is 0.469 e. The van der Waals surface area contributed by atoms with Gasteiger partial charge in [0.05, 0.1) is 18.8 Å². The molecule has 0 spiro atoms. The number of hydrogen-bond acceptors (Lipinski definition) is 6. The van der Waals surface area contributed by atoms with Crippen LogP contribution in [0, 0.1) is 5.92 Å². The average Bonchev–Trinajstić information content (AvgIpc) is 3.13. The van der Waals surface area contributed by atoms with Crippen LogP contribution in [-0.4, -0.2) is 57.5 Å². The molecule has 0 saturated carbocycles. The Balaban J connectivity index is 1.58. The van der Waals surface area contributed by atoms with Gasteiger partial charge >= 0.3 is 5.97 Å². The van der Waals surface area contributed by atoms with Gasteiger partial charge in [0.2, 0.25) is 5.91 Å². The predicted molar refractivity (Wildman–Crippen MR) is 112 cm³/mol. The van der Waals surface area contributed by atoms with Crippen molar-refractivity contribution >= 4 is 23.6 Å². The SMILES string of the molecule is C=CCn1c(Cc2ccccc2)nnc1SCC(=O)N1CCC(C(=O)OC)CC1. The Morgan fingerprint density at radius 3 is 2.62 bits per heavy atom. The first-order valence-corrected chi connectivity index (χ1v) is 10.7. The average molecular weight is 415 g/mol. The number of piperidine rings is 1. The first kappa shape index (κ1) is 21.1. The van der Waals surface area contributed by atoms with Crippen molar-refractivity contribution in [1.82, 2.24) is 19.7 Å². The van der Waals surface area contributed by atoms with Crippen molar-refractivity contribution in [2.45, 2.75) is 31.0 Å². The van der Waals surface area contributed by atoms with Gasteiger partial charge in [-0.2, -0.15) is 0 Å². The molecule has 2 aromatic rings. The second kappa shape index (κ2) is 10.2. The number of ether oxygens (including phenoxy) is 1. The second-order valence-corrected chi connectivity index (χ2v) is 7.87. The Hall–Kier alpha value is -2.61. The predicted octanol–water partition coefficient (Wildman–Crippen LogP) is 2.56. The summed E-state index contributed by atoms with van der Waals surface area (Å²) in [5.41, 5.74) is 1.16. The van der Waals surface area contributed by atoms with E-state index in [1.54, 1.807) is 6.08 Å². The molecule has 0 radical (unpaired) electrons. The van der Waals surface area contributed by atoms with Gasteiger partial charge in [0, 0.05) is 26.1 Å². The van der Waals surface area contributed by atoms with Crippen LogP contribution in [0.25, 0.3) is 0 Å². The maximum Gasteiger partial charge on any atom is 0.308 e. The molecule has 154 valence electrons.